The van der Waals surface area contributed by atoms with Crippen molar-refractivity contribution in [3.63, 3.8) is 0 Å². The molecule has 0 saturated carbocycles. The predicted molar refractivity (Wildman–Crippen MR) is 206 cm³/mol. The van der Waals surface area contributed by atoms with Crippen LogP contribution in [-0.4, -0.2) is 73.1 Å². The summed E-state index contributed by atoms with van der Waals surface area (Å²) in [7, 11) is 1.53. The SMILES string of the molecule is C=Nc1nc(OCC)ccc1C(=O)N(CC(Cc1cc(F)cc(F)c1)NC(=O)Cn1nc(C(F)F)c2c1C(F)(F)C(C)C2)c1ccc(Cl)c2c(N[S+](C)[O-])nn(C)c12. The van der Waals surface area contributed by atoms with Crippen LogP contribution >= 0.6 is 11.6 Å². The van der Waals surface area contributed by atoms with E-state index in [0.29, 0.717) is 10.7 Å². The van der Waals surface area contributed by atoms with Gasteiger partial charge >= 0.3 is 0 Å². The number of alkyl halides is 4. The second kappa shape index (κ2) is 16.9. The smallest absolute Gasteiger partial charge is 0.292 e. The molecule has 0 bridgehead atoms. The van der Waals surface area contributed by atoms with E-state index in [2.05, 4.69) is 36.9 Å². The van der Waals surface area contributed by atoms with Gasteiger partial charge in [0, 0.05) is 37.2 Å². The minimum Gasteiger partial charge on any atom is -0.593 e. The van der Waals surface area contributed by atoms with Crippen LogP contribution in [0.15, 0.2) is 47.5 Å². The lowest BCUT2D eigenvalue weighted by molar-refractivity contribution is -0.122. The Morgan fingerprint density at radius 2 is 1.88 bits per heavy atom. The quantitative estimate of drug-likeness (QED) is 0.0661. The van der Waals surface area contributed by atoms with E-state index in [4.69, 9.17) is 16.3 Å². The van der Waals surface area contributed by atoms with Crippen LogP contribution in [0.3, 0.4) is 0 Å². The Hall–Kier alpha value is -5.34. The van der Waals surface area contributed by atoms with Crippen molar-refractivity contribution in [3.8, 4) is 5.88 Å². The number of amides is 2. The van der Waals surface area contributed by atoms with Crippen molar-refractivity contribution in [1.29, 1.82) is 0 Å². The summed E-state index contributed by atoms with van der Waals surface area (Å²) in [6, 6.07) is 7.12. The summed E-state index contributed by atoms with van der Waals surface area (Å²) in [4.78, 5) is 38.0. The van der Waals surface area contributed by atoms with Gasteiger partial charge in [0.1, 0.15) is 35.8 Å². The molecule has 2 N–H and O–H groups in total. The molecule has 58 heavy (non-hydrogen) atoms. The predicted octanol–water partition coefficient (Wildman–Crippen LogP) is 6.83. The van der Waals surface area contributed by atoms with Crippen LogP contribution in [-0.2, 0) is 48.5 Å². The molecular weight excluding hydrogens is 816 g/mol. The van der Waals surface area contributed by atoms with Gasteiger partial charge in [0.25, 0.3) is 18.3 Å². The molecule has 3 heterocycles. The zero-order valence-corrected chi connectivity index (χ0v) is 32.9. The summed E-state index contributed by atoms with van der Waals surface area (Å²) in [6.45, 7) is 5.28. The molecule has 5 aromatic rings. The molecule has 13 nitrogen and oxygen atoms in total. The Morgan fingerprint density at radius 1 is 1.17 bits per heavy atom. The van der Waals surface area contributed by atoms with Gasteiger partial charge < -0.3 is 19.5 Å². The molecule has 2 aromatic carbocycles. The molecule has 3 unspecified atom stereocenters. The molecule has 21 heteroatoms. The number of rotatable bonds is 15. The highest BCUT2D eigenvalue weighted by Gasteiger charge is 2.51. The zero-order valence-electron chi connectivity index (χ0n) is 31.3. The van der Waals surface area contributed by atoms with E-state index in [1.165, 1.54) is 54.1 Å². The van der Waals surface area contributed by atoms with Crippen molar-refractivity contribution in [1.82, 2.24) is 29.9 Å². The van der Waals surface area contributed by atoms with Crippen LogP contribution in [0.25, 0.3) is 10.9 Å². The van der Waals surface area contributed by atoms with Crippen LogP contribution in [0.1, 0.15) is 53.1 Å². The number of nitrogens with zero attached hydrogens (tertiary/aromatic N) is 7. The second-order valence-electron chi connectivity index (χ2n) is 13.5. The highest BCUT2D eigenvalue weighted by Crippen LogP contribution is 2.48. The van der Waals surface area contributed by atoms with Crippen molar-refractivity contribution < 1.29 is 45.2 Å². The highest BCUT2D eigenvalue weighted by molar-refractivity contribution is 7.92. The van der Waals surface area contributed by atoms with Crippen LogP contribution in [0, 0.1) is 17.6 Å². The van der Waals surface area contributed by atoms with Crippen molar-refractivity contribution in [2.45, 2.75) is 51.6 Å². The van der Waals surface area contributed by atoms with Crippen molar-refractivity contribution >= 4 is 69.7 Å². The van der Waals surface area contributed by atoms with E-state index in [9.17, 15) is 31.7 Å². The minimum atomic E-state index is -3.58. The third-order valence-corrected chi connectivity index (χ3v) is 10.2. The maximum Gasteiger partial charge on any atom is 0.292 e. The molecule has 6 rings (SSSR count). The van der Waals surface area contributed by atoms with Crippen LogP contribution < -0.4 is 19.7 Å². The van der Waals surface area contributed by atoms with E-state index in [-0.39, 0.29) is 75.3 Å². The maximum atomic E-state index is 15.3. The number of hydrogen-bond acceptors (Lipinski definition) is 9. The van der Waals surface area contributed by atoms with Crippen LogP contribution in [0.2, 0.25) is 5.02 Å². The topological polar surface area (TPSA) is 155 Å². The Balaban J connectivity index is 1.47. The van der Waals surface area contributed by atoms with Crippen molar-refractivity contribution in [2.24, 2.45) is 18.0 Å². The van der Waals surface area contributed by atoms with Crippen molar-refractivity contribution in [3.05, 3.63) is 87.2 Å². The number of carbonyl (C=O) groups excluding carboxylic acids is 2. The number of pyridine rings is 1. The number of aromatic nitrogens is 5. The third-order valence-electron chi connectivity index (χ3n) is 9.41. The van der Waals surface area contributed by atoms with Crippen molar-refractivity contribution in [2.75, 3.05) is 29.0 Å². The van der Waals surface area contributed by atoms with E-state index < -0.39 is 83.6 Å². The average Bonchev–Trinajstić information content (AvgIpc) is 3.74. The van der Waals surface area contributed by atoms with Gasteiger partial charge in [0.15, 0.2) is 5.82 Å². The van der Waals surface area contributed by atoms with Gasteiger partial charge in [-0.15, -0.1) is 5.10 Å². The monoisotopic (exact) mass is 851 g/mol. The largest absolute Gasteiger partial charge is 0.593 e. The molecule has 2 amide bonds. The number of ether oxygens (including phenoxy) is 1. The van der Waals surface area contributed by atoms with Crippen LogP contribution in [0.4, 0.5) is 43.7 Å². The highest BCUT2D eigenvalue weighted by atomic mass is 35.5. The number of aryl methyl sites for hydroxylation is 1. The van der Waals surface area contributed by atoms with Gasteiger partial charge in [-0.1, -0.05) is 18.5 Å². The molecule has 0 fully saturated rings. The van der Waals surface area contributed by atoms with Gasteiger partial charge in [-0.25, -0.2) is 22.6 Å². The lowest BCUT2D eigenvalue weighted by Gasteiger charge is -2.30. The van der Waals surface area contributed by atoms with E-state index in [1.54, 1.807) is 6.92 Å². The fraction of sp³-hybridized carbons (Fsp3) is 0.351. The lowest BCUT2D eigenvalue weighted by atomic mass is 10.0. The molecule has 308 valence electrons. The summed E-state index contributed by atoms with van der Waals surface area (Å²) >= 11 is 5.02. The van der Waals surface area contributed by atoms with E-state index in [0.717, 1.165) is 12.1 Å². The van der Waals surface area contributed by atoms with E-state index in [1.807, 2.05) is 0 Å². The fourth-order valence-corrected chi connectivity index (χ4v) is 7.68. The first kappa shape index (κ1) is 42.3. The average molecular weight is 852 g/mol. The Bertz CT molecular complexity index is 2370. The van der Waals surface area contributed by atoms with Gasteiger partial charge in [-0.3, -0.25) is 19.0 Å². The first-order valence-corrected chi connectivity index (χ1v) is 19.5. The number of aliphatic imine (C=N–C) groups is 1. The Kier molecular flexibility index (Phi) is 12.3. The normalized spacial score (nSPS) is 15.6. The number of anilines is 2. The molecule has 3 atom stereocenters. The third kappa shape index (κ3) is 8.44. The van der Waals surface area contributed by atoms with Gasteiger partial charge in [0.2, 0.25) is 17.6 Å². The zero-order chi connectivity index (χ0) is 42.2. The summed E-state index contributed by atoms with van der Waals surface area (Å²) in [5, 5.41) is 11.2. The Morgan fingerprint density at radius 3 is 2.52 bits per heavy atom. The first-order valence-electron chi connectivity index (χ1n) is 17.6. The van der Waals surface area contributed by atoms with Crippen LogP contribution in [0.5, 0.6) is 5.88 Å². The molecule has 1 aliphatic rings. The standard InChI is InChI=1S/C37H36ClF6N9O4S/c1-6-57-28-10-7-23(34(45-3)47-28)36(55)52(26-9-8-25(38)29-31(26)51(4)49-35(29)50-58(5)56)16-22(14-19-12-20(39)15-21(40)13-19)46-27(54)17-53-32-24(30(48-53)33(41)42)11-18(2)37(32,43)44/h7-10,12-13,15,18,22,33H,3,6,11,14,16-17H2,1-2,4-5H3,(H,46,54)(H,49,50). The summed E-state index contributed by atoms with van der Waals surface area (Å²) in [5.41, 5.74) is -1.71. The maximum absolute atomic E-state index is 15.3. The van der Waals surface area contributed by atoms with Gasteiger partial charge in [-0.05, 0) is 62.4 Å². The number of fused-ring (bicyclic) bond motifs is 2. The Labute approximate surface area is 335 Å². The molecule has 0 aliphatic heterocycles. The molecular formula is C37H36ClF6N9O4S. The number of halogens is 7. The lowest BCUT2D eigenvalue weighted by Crippen LogP contribution is -2.48. The first-order chi connectivity index (χ1) is 27.4. The molecule has 1 aliphatic carbocycles. The molecule has 0 radical (unpaired) electrons. The second-order valence-corrected chi connectivity index (χ2v) is 15.0. The summed E-state index contributed by atoms with van der Waals surface area (Å²) < 4.78 is 110. The number of hydrogen-bond donors (Lipinski definition) is 2. The summed E-state index contributed by atoms with van der Waals surface area (Å²) in [6.07, 6.45) is -2.55. The number of carbonyl (C=O) groups is 2. The van der Waals surface area contributed by atoms with Gasteiger partial charge in [0.05, 0.1) is 51.2 Å². The molecule has 0 spiro atoms. The van der Waals surface area contributed by atoms with Gasteiger partial charge in [-0.2, -0.15) is 23.6 Å². The fourth-order valence-electron chi connectivity index (χ4n) is 7.02. The number of nitrogens with one attached hydrogen (secondary N) is 2. The number of benzene rings is 2. The molecule has 3 aromatic heterocycles. The molecule has 0 saturated heterocycles. The van der Waals surface area contributed by atoms with E-state index >= 15 is 8.78 Å². The summed E-state index contributed by atoms with van der Waals surface area (Å²) in [5.74, 6) is -8.48. The minimum absolute atomic E-state index is 0.0328.